The quantitative estimate of drug-likeness (QED) is 0.460. The van der Waals surface area contributed by atoms with Crippen LogP contribution in [0.25, 0.3) is 6.08 Å². The monoisotopic (exact) mass is 309 g/mol. The topological polar surface area (TPSA) is 38.8 Å². The second-order valence-corrected chi connectivity index (χ2v) is 5.08. The number of morpholine rings is 1. The van der Waals surface area contributed by atoms with Crippen LogP contribution >= 0.6 is 11.6 Å². The smallest absolute Gasteiger partial charge is 0.246 e. The molecular formula is C16H20ClNO3. The molecule has 0 unspecified atom stereocenters. The molecule has 0 atom stereocenters. The number of halogens is 1. The first-order chi connectivity index (χ1) is 10.3. The number of alkyl halides is 1. The van der Waals surface area contributed by atoms with Gasteiger partial charge in [0, 0.05) is 30.6 Å². The number of rotatable bonds is 6. The van der Waals surface area contributed by atoms with E-state index in [0.717, 1.165) is 17.7 Å². The number of nitrogens with zero attached hydrogens (tertiary/aromatic N) is 1. The van der Waals surface area contributed by atoms with Gasteiger partial charge in [-0.25, -0.2) is 0 Å². The van der Waals surface area contributed by atoms with Crippen LogP contribution in [0.15, 0.2) is 30.3 Å². The highest BCUT2D eigenvalue weighted by Gasteiger charge is 2.14. The molecule has 1 saturated heterocycles. The first kappa shape index (κ1) is 15.9. The van der Waals surface area contributed by atoms with Crippen molar-refractivity contribution in [2.45, 2.75) is 6.42 Å². The molecule has 21 heavy (non-hydrogen) atoms. The Morgan fingerprint density at radius 1 is 1.33 bits per heavy atom. The van der Waals surface area contributed by atoms with E-state index in [4.69, 9.17) is 21.1 Å². The Morgan fingerprint density at radius 2 is 2.10 bits per heavy atom. The normalized spacial score (nSPS) is 15.4. The van der Waals surface area contributed by atoms with E-state index in [9.17, 15) is 4.79 Å². The van der Waals surface area contributed by atoms with Crippen LogP contribution in [0, 0.1) is 0 Å². The zero-order valence-corrected chi connectivity index (χ0v) is 12.7. The van der Waals surface area contributed by atoms with Gasteiger partial charge >= 0.3 is 0 Å². The fourth-order valence-electron chi connectivity index (χ4n) is 2.04. The Bertz CT molecular complexity index is 484. The number of ether oxygens (including phenoxy) is 2. The van der Waals surface area contributed by atoms with Crippen molar-refractivity contribution in [2.24, 2.45) is 0 Å². The number of hydrogen-bond acceptors (Lipinski definition) is 3. The summed E-state index contributed by atoms with van der Waals surface area (Å²) in [5.74, 6) is 1.36. The number of carbonyl (C=O) groups is 1. The van der Waals surface area contributed by atoms with Crippen LogP contribution in [-0.2, 0) is 9.53 Å². The predicted octanol–water partition coefficient (Wildman–Crippen LogP) is 2.57. The summed E-state index contributed by atoms with van der Waals surface area (Å²) in [6, 6.07) is 7.66. The van der Waals surface area contributed by atoms with Crippen molar-refractivity contribution in [1.29, 1.82) is 0 Å². The van der Waals surface area contributed by atoms with Gasteiger partial charge in [0.1, 0.15) is 5.75 Å². The summed E-state index contributed by atoms with van der Waals surface area (Å²) in [5.41, 5.74) is 0.897. The summed E-state index contributed by atoms with van der Waals surface area (Å²) >= 11 is 5.64. The highest BCUT2D eigenvalue weighted by Crippen LogP contribution is 2.20. The molecule has 114 valence electrons. The third kappa shape index (κ3) is 5.06. The Kier molecular flexibility index (Phi) is 6.57. The third-order valence-electron chi connectivity index (χ3n) is 3.18. The molecule has 0 radical (unpaired) electrons. The largest absolute Gasteiger partial charge is 0.493 e. The number of hydrogen-bond donors (Lipinski definition) is 0. The van der Waals surface area contributed by atoms with Crippen LogP contribution in [0.4, 0.5) is 0 Å². The highest BCUT2D eigenvalue weighted by molar-refractivity contribution is 6.17. The van der Waals surface area contributed by atoms with Crippen molar-refractivity contribution >= 4 is 23.6 Å². The van der Waals surface area contributed by atoms with Gasteiger partial charge < -0.3 is 14.4 Å². The molecule has 0 saturated carbocycles. The van der Waals surface area contributed by atoms with Gasteiger partial charge in [-0.1, -0.05) is 18.2 Å². The molecule has 1 aromatic rings. The van der Waals surface area contributed by atoms with E-state index in [1.54, 1.807) is 17.1 Å². The fraction of sp³-hybridized carbons (Fsp3) is 0.438. The van der Waals surface area contributed by atoms with Crippen LogP contribution in [0.5, 0.6) is 5.75 Å². The molecule has 1 heterocycles. The van der Waals surface area contributed by atoms with E-state index in [1.807, 2.05) is 24.3 Å². The molecule has 0 aromatic heterocycles. The summed E-state index contributed by atoms with van der Waals surface area (Å²) in [5, 5.41) is 0. The van der Waals surface area contributed by atoms with Gasteiger partial charge in [-0.2, -0.15) is 0 Å². The van der Waals surface area contributed by atoms with Gasteiger partial charge in [0.15, 0.2) is 0 Å². The lowest BCUT2D eigenvalue weighted by Gasteiger charge is -2.25. The van der Waals surface area contributed by atoms with Crippen LogP contribution in [0.2, 0.25) is 0 Å². The van der Waals surface area contributed by atoms with E-state index in [0.29, 0.717) is 38.8 Å². The molecule has 4 nitrogen and oxygen atoms in total. The van der Waals surface area contributed by atoms with Gasteiger partial charge in [-0.3, -0.25) is 4.79 Å². The van der Waals surface area contributed by atoms with Crippen molar-refractivity contribution in [1.82, 2.24) is 4.90 Å². The van der Waals surface area contributed by atoms with E-state index in [-0.39, 0.29) is 5.91 Å². The van der Waals surface area contributed by atoms with Gasteiger partial charge in [0.05, 0.1) is 19.8 Å². The van der Waals surface area contributed by atoms with Crippen molar-refractivity contribution < 1.29 is 14.3 Å². The minimum absolute atomic E-state index is 0.00820. The first-order valence-electron chi connectivity index (χ1n) is 7.14. The average Bonchev–Trinajstić information content (AvgIpc) is 2.54. The molecule has 0 aliphatic carbocycles. The van der Waals surface area contributed by atoms with Crippen molar-refractivity contribution in [3.8, 4) is 5.75 Å². The molecule has 0 spiro atoms. The van der Waals surface area contributed by atoms with E-state index in [1.165, 1.54) is 0 Å². The second-order valence-electron chi connectivity index (χ2n) is 4.70. The van der Waals surface area contributed by atoms with Crippen molar-refractivity contribution in [2.75, 3.05) is 38.8 Å². The maximum Gasteiger partial charge on any atom is 0.246 e. The number of para-hydroxylation sites is 1. The molecular weight excluding hydrogens is 290 g/mol. The molecule has 5 heteroatoms. The summed E-state index contributed by atoms with van der Waals surface area (Å²) < 4.78 is 10.9. The van der Waals surface area contributed by atoms with Crippen LogP contribution in [0.3, 0.4) is 0 Å². The summed E-state index contributed by atoms with van der Waals surface area (Å²) in [4.78, 5) is 13.9. The summed E-state index contributed by atoms with van der Waals surface area (Å²) in [6.07, 6.45) is 4.19. The maximum absolute atomic E-state index is 12.1. The highest BCUT2D eigenvalue weighted by atomic mass is 35.5. The third-order valence-corrected chi connectivity index (χ3v) is 3.45. The molecule has 1 aliphatic heterocycles. The lowest BCUT2D eigenvalue weighted by atomic mass is 10.2. The van der Waals surface area contributed by atoms with Crippen LogP contribution in [0.1, 0.15) is 12.0 Å². The molecule has 1 aliphatic rings. The summed E-state index contributed by atoms with van der Waals surface area (Å²) in [6.45, 7) is 3.09. The summed E-state index contributed by atoms with van der Waals surface area (Å²) in [7, 11) is 0. The molecule has 1 amide bonds. The van der Waals surface area contributed by atoms with Gasteiger partial charge in [0.2, 0.25) is 5.91 Å². The van der Waals surface area contributed by atoms with E-state index >= 15 is 0 Å². The van der Waals surface area contributed by atoms with Crippen LogP contribution < -0.4 is 4.74 Å². The standard InChI is InChI=1S/C16H20ClNO3/c17-8-3-11-21-15-5-2-1-4-14(15)6-7-16(19)18-9-12-20-13-10-18/h1-2,4-7H,3,8-13H2. The Labute approximate surface area is 130 Å². The minimum Gasteiger partial charge on any atom is -0.493 e. The number of amides is 1. The molecule has 1 aromatic carbocycles. The van der Waals surface area contributed by atoms with Crippen molar-refractivity contribution in [3.05, 3.63) is 35.9 Å². The zero-order valence-electron chi connectivity index (χ0n) is 12.0. The van der Waals surface area contributed by atoms with Crippen molar-refractivity contribution in [3.63, 3.8) is 0 Å². The lowest BCUT2D eigenvalue weighted by molar-refractivity contribution is -0.129. The predicted molar refractivity (Wildman–Crippen MR) is 83.7 cm³/mol. The zero-order chi connectivity index (χ0) is 14.9. The molecule has 0 N–H and O–H groups in total. The Balaban J connectivity index is 1.97. The second kappa shape index (κ2) is 8.70. The van der Waals surface area contributed by atoms with Gasteiger partial charge in [0.25, 0.3) is 0 Å². The number of carbonyl (C=O) groups excluding carboxylic acids is 1. The van der Waals surface area contributed by atoms with E-state index in [2.05, 4.69) is 0 Å². The number of benzene rings is 1. The fourth-order valence-corrected chi connectivity index (χ4v) is 2.15. The van der Waals surface area contributed by atoms with E-state index < -0.39 is 0 Å². The molecule has 0 bridgehead atoms. The molecule has 1 fully saturated rings. The van der Waals surface area contributed by atoms with Crippen LogP contribution in [-0.4, -0.2) is 49.6 Å². The Morgan fingerprint density at radius 3 is 2.86 bits per heavy atom. The minimum atomic E-state index is 0.00820. The first-order valence-corrected chi connectivity index (χ1v) is 7.67. The Hall–Kier alpha value is -1.52. The molecule has 2 rings (SSSR count). The lowest BCUT2D eigenvalue weighted by Crippen LogP contribution is -2.39. The maximum atomic E-state index is 12.1. The SMILES string of the molecule is O=C(C=Cc1ccccc1OCCCCl)N1CCOCC1. The van der Waals surface area contributed by atoms with Gasteiger partial charge in [-0.15, -0.1) is 11.6 Å². The van der Waals surface area contributed by atoms with Gasteiger partial charge in [-0.05, 0) is 18.6 Å². The average molecular weight is 310 g/mol.